The normalized spacial score (nSPS) is 19.0. The lowest BCUT2D eigenvalue weighted by molar-refractivity contribution is 0.0563. The SMILES string of the molecule is CCOCCN1CCN(C(=O)c2cn(CC3CCCO3)cc3c(=O)n(-c4ccccc4)nc2-3)CC1. The third kappa shape index (κ3) is 5.17. The van der Waals surface area contributed by atoms with Gasteiger partial charge >= 0.3 is 0 Å². The number of carbonyl (C=O) groups excluding carboxylic acids is 1. The highest BCUT2D eigenvalue weighted by atomic mass is 16.5. The van der Waals surface area contributed by atoms with Gasteiger partial charge in [-0.05, 0) is 31.9 Å². The van der Waals surface area contributed by atoms with E-state index in [0.717, 1.165) is 39.1 Å². The Morgan fingerprint density at radius 1 is 1.14 bits per heavy atom. The van der Waals surface area contributed by atoms with Crippen LogP contribution < -0.4 is 5.56 Å². The van der Waals surface area contributed by atoms with Crippen LogP contribution in [0.5, 0.6) is 0 Å². The Morgan fingerprint density at radius 3 is 2.66 bits per heavy atom. The Balaban J connectivity index is 1.44. The minimum atomic E-state index is -0.220. The average Bonchev–Trinajstić information content (AvgIpc) is 3.52. The van der Waals surface area contributed by atoms with Crippen LogP contribution >= 0.6 is 0 Å². The van der Waals surface area contributed by atoms with Crippen LogP contribution in [0.4, 0.5) is 0 Å². The number of aromatic nitrogens is 3. The first-order valence-electron chi connectivity index (χ1n) is 12.5. The molecule has 1 atom stereocenters. The third-order valence-corrected chi connectivity index (χ3v) is 6.81. The predicted octanol–water partition coefficient (Wildman–Crippen LogP) is 2.11. The second kappa shape index (κ2) is 10.7. The maximum absolute atomic E-state index is 13.7. The molecule has 0 saturated carbocycles. The van der Waals surface area contributed by atoms with Gasteiger partial charge in [-0.3, -0.25) is 14.5 Å². The van der Waals surface area contributed by atoms with Crippen molar-refractivity contribution in [2.24, 2.45) is 0 Å². The molecule has 1 amide bonds. The molecule has 0 spiro atoms. The molecule has 1 aromatic carbocycles. The number of carbonyl (C=O) groups is 1. The van der Waals surface area contributed by atoms with Crippen molar-refractivity contribution in [3.8, 4) is 16.9 Å². The molecular formula is C26H33N5O4. The molecule has 4 aliphatic rings. The Morgan fingerprint density at radius 2 is 1.94 bits per heavy atom. The Labute approximate surface area is 205 Å². The lowest BCUT2D eigenvalue weighted by Gasteiger charge is -2.34. The number of hydrogen-bond donors (Lipinski definition) is 0. The highest BCUT2D eigenvalue weighted by Gasteiger charge is 2.29. The van der Waals surface area contributed by atoms with E-state index < -0.39 is 0 Å². The van der Waals surface area contributed by atoms with Crippen LogP contribution in [0.15, 0.2) is 47.5 Å². The van der Waals surface area contributed by atoms with Crippen LogP contribution in [0, 0.1) is 0 Å². The molecule has 0 aromatic heterocycles. The number of piperazine rings is 1. The van der Waals surface area contributed by atoms with Crippen molar-refractivity contribution < 1.29 is 14.3 Å². The number of rotatable bonds is 8. The smallest absolute Gasteiger partial charge is 0.282 e. The van der Waals surface area contributed by atoms with Crippen LogP contribution in [0.3, 0.4) is 0 Å². The highest BCUT2D eigenvalue weighted by Crippen LogP contribution is 2.25. The lowest BCUT2D eigenvalue weighted by Crippen LogP contribution is -2.49. The zero-order valence-corrected chi connectivity index (χ0v) is 20.3. The van der Waals surface area contributed by atoms with E-state index in [4.69, 9.17) is 9.47 Å². The summed E-state index contributed by atoms with van der Waals surface area (Å²) in [7, 11) is 0. The monoisotopic (exact) mass is 479 g/mol. The summed E-state index contributed by atoms with van der Waals surface area (Å²) in [6.07, 6.45) is 5.76. The third-order valence-electron chi connectivity index (χ3n) is 6.81. The van der Waals surface area contributed by atoms with Crippen molar-refractivity contribution in [3.05, 3.63) is 58.6 Å². The Hall–Kier alpha value is -3.01. The minimum absolute atomic E-state index is 0.0844. The summed E-state index contributed by atoms with van der Waals surface area (Å²) in [6, 6.07) is 9.33. The zero-order chi connectivity index (χ0) is 24.2. The van der Waals surface area contributed by atoms with Crippen LogP contribution in [0.25, 0.3) is 16.9 Å². The summed E-state index contributed by atoms with van der Waals surface area (Å²) in [6.45, 7) is 8.52. The van der Waals surface area contributed by atoms with Gasteiger partial charge in [-0.25, -0.2) is 0 Å². The topological polar surface area (TPSA) is 81.8 Å². The first kappa shape index (κ1) is 23.7. The first-order chi connectivity index (χ1) is 17.1. The number of ether oxygens (including phenoxy) is 2. The second-order valence-electron chi connectivity index (χ2n) is 9.15. The van der Waals surface area contributed by atoms with Crippen LogP contribution in [0.2, 0.25) is 0 Å². The summed E-state index contributed by atoms with van der Waals surface area (Å²) < 4.78 is 14.6. The summed E-state index contributed by atoms with van der Waals surface area (Å²) in [5.41, 5.74) is 1.83. The van der Waals surface area contributed by atoms with Gasteiger partial charge in [-0.1, -0.05) is 18.2 Å². The largest absolute Gasteiger partial charge is 0.380 e. The average molecular weight is 480 g/mol. The van der Waals surface area contributed by atoms with Crippen molar-refractivity contribution in [3.63, 3.8) is 0 Å². The summed E-state index contributed by atoms with van der Waals surface area (Å²) >= 11 is 0. The zero-order valence-electron chi connectivity index (χ0n) is 20.3. The summed E-state index contributed by atoms with van der Waals surface area (Å²) in [4.78, 5) is 31.3. The molecule has 186 valence electrons. The molecule has 5 rings (SSSR count). The lowest BCUT2D eigenvalue weighted by atomic mass is 10.1. The van der Waals surface area contributed by atoms with E-state index in [9.17, 15) is 9.59 Å². The van der Waals surface area contributed by atoms with Crippen LogP contribution in [-0.4, -0.2) is 88.7 Å². The number of amides is 1. The standard InChI is InChI=1S/C26H33N5O4/c1-2-34-16-14-28-10-12-30(13-11-28)25(32)22-18-29(17-21-9-6-15-35-21)19-23-24(22)27-31(26(23)33)20-7-4-3-5-8-20/h3-5,7-8,18-19,21H,2,6,9-17H2,1H3. The number of fused-ring (bicyclic) bond motifs is 1. The van der Waals surface area contributed by atoms with Crippen molar-refractivity contribution in [1.82, 2.24) is 24.1 Å². The van der Waals surface area contributed by atoms with Crippen molar-refractivity contribution in [1.29, 1.82) is 0 Å². The fraction of sp³-hybridized carbons (Fsp3) is 0.500. The van der Waals surface area contributed by atoms with Crippen molar-refractivity contribution >= 4 is 5.91 Å². The molecule has 9 nitrogen and oxygen atoms in total. The number of para-hydroxylation sites is 1. The molecule has 1 aromatic rings. The molecule has 1 unspecified atom stereocenters. The van der Waals surface area contributed by atoms with Crippen molar-refractivity contribution in [2.75, 3.05) is 52.5 Å². The van der Waals surface area contributed by atoms with Gasteiger partial charge in [0, 0.05) is 64.9 Å². The minimum Gasteiger partial charge on any atom is -0.380 e. The van der Waals surface area contributed by atoms with Gasteiger partial charge in [0.05, 0.1) is 29.5 Å². The summed E-state index contributed by atoms with van der Waals surface area (Å²) in [5.74, 6) is -0.0844. The van der Waals surface area contributed by atoms with E-state index in [0.29, 0.717) is 55.4 Å². The maximum atomic E-state index is 13.7. The molecule has 35 heavy (non-hydrogen) atoms. The number of nitrogens with zero attached hydrogens (tertiary/aromatic N) is 5. The molecule has 0 bridgehead atoms. The van der Waals surface area contributed by atoms with E-state index in [1.165, 1.54) is 4.68 Å². The van der Waals surface area contributed by atoms with Gasteiger partial charge in [-0.2, -0.15) is 9.78 Å². The molecular weight excluding hydrogens is 446 g/mol. The van der Waals surface area contributed by atoms with Gasteiger partial charge in [0.15, 0.2) is 0 Å². The molecule has 9 heteroatoms. The molecule has 2 fully saturated rings. The molecule has 2 saturated heterocycles. The quantitative estimate of drug-likeness (QED) is 0.461. The van der Waals surface area contributed by atoms with Gasteiger partial charge < -0.3 is 18.9 Å². The fourth-order valence-corrected chi connectivity index (χ4v) is 4.87. The highest BCUT2D eigenvalue weighted by molar-refractivity contribution is 6.00. The molecule has 0 radical (unpaired) electrons. The first-order valence-corrected chi connectivity index (χ1v) is 12.5. The Kier molecular flexibility index (Phi) is 7.26. The summed E-state index contributed by atoms with van der Waals surface area (Å²) in [5, 5.41) is 4.62. The van der Waals surface area contributed by atoms with Gasteiger partial charge in [-0.15, -0.1) is 0 Å². The van der Waals surface area contributed by atoms with Gasteiger partial charge in [0.25, 0.3) is 11.5 Å². The second-order valence-corrected chi connectivity index (χ2v) is 9.15. The van der Waals surface area contributed by atoms with E-state index in [-0.39, 0.29) is 17.6 Å². The molecule has 0 aliphatic carbocycles. The number of pyridine rings is 1. The van der Waals surface area contributed by atoms with E-state index in [1.54, 1.807) is 0 Å². The number of benzene rings is 1. The van der Waals surface area contributed by atoms with E-state index >= 15 is 0 Å². The predicted molar refractivity (Wildman–Crippen MR) is 132 cm³/mol. The Bertz CT molecular complexity index is 1160. The van der Waals surface area contributed by atoms with Gasteiger partial charge in [0.1, 0.15) is 5.69 Å². The maximum Gasteiger partial charge on any atom is 0.282 e. The molecule has 4 heterocycles. The van der Waals surface area contributed by atoms with Crippen molar-refractivity contribution in [2.45, 2.75) is 32.4 Å². The van der Waals surface area contributed by atoms with Gasteiger partial charge in [0.2, 0.25) is 0 Å². The van der Waals surface area contributed by atoms with Crippen LogP contribution in [0.1, 0.15) is 30.1 Å². The number of hydrogen-bond acceptors (Lipinski definition) is 6. The molecule has 0 N–H and O–H groups in total. The molecule has 4 aliphatic heterocycles. The fourth-order valence-electron chi connectivity index (χ4n) is 4.87. The van der Waals surface area contributed by atoms with E-state index in [1.807, 2.05) is 59.1 Å². The van der Waals surface area contributed by atoms with E-state index in [2.05, 4.69) is 10.00 Å². The van der Waals surface area contributed by atoms with Crippen LogP contribution in [-0.2, 0) is 16.0 Å².